The summed E-state index contributed by atoms with van der Waals surface area (Å²) in [5.41, 5.74) is 0.908. The number of carbonyl (C=O) groups is 1. The lowest BCUT2D eigenvalue weighted by Gasteiger charge is -2.60. The van der Waals surface area contributed by atoms with Crippen LogP contribution < -0.4 is 0 Å². The zero-order chi connectivity index (χ0) is 17.3. The molecule has 4 aliphatic rings. The van der Waals surface area contributed by atoms with Crippen molar-refractivity contribution >= 4 is 5.78 Å². The SMILES string of the molecule is CC(=O)[C@H]1CC[C@H]2[C@@H]3CC=C4CCCC(O)(O)[C@]4(C)[C@H]3CC[C@]12C. The van der Waals surface area contributed by atoms with E-state index in [0.717, 1.165) is 44.9 Å². The number of rotatable bonds is 1. The van der Waals surface area contributed by atoms with E-state index in [1.54, 1.807) is 6.92 Å². The lowest BCUT2D eigenvalue weighted by Crippen LogP contribution is -2.60. The molecule has 0 aromatic heterocycles. The summed E-state index contributed by atoms with van der Waals surface area (Å²) in [4.78, 5) is 12.2. The zero-order valence-corrected chi connectivity index (χ0v) is 15.3. The predicted octanol–water partition coefficient (Wildman–Crippen LogP) is 3.84. The summed E-state index contributed by atoms with van der Waals surface area (Å²) >= 11 is 0. The molecule has 0 unspecified atom stereocenters. The van der Waals surface area contributed by atoms with E-state index < -0.39 is 11.2 Å². The Hall–Kier alpha value is -0.670. The molecule has 0 spiro atoms. The Morgan fingerprint density at radius 3 is 2.58 bits per heavy atom. The van der Waals surface area contributed by atoms with Gasteiger partial charge in [-0.15, -0.1) is 0 Å². The van der Waals surface area contributed by atoms with Crippen LogP contribution in [0, 0.1) is 34.5 Å². The van der Waals surface area contributed by atoms with Crippen LogP contribution in [0.2, 0.25) is 0 Å². The second kappa shape index (κ2) is 5.17. The van der Waals surface area contributed by atoms with Gasteiger partial charge in [0.25, 0.3) is 0 Å². The smallest absolute Gasteiger partial charge is 0.172 e. The Bertz CT molecular complexity index is 592. The third-order valence-corrected chi connectivity index (χ3v) is 8.78. The van der Waals surface area contributed by atoms with E-state index in [2.05, 4.69) is 19.9 Å². The molecule has 0 aromatic rings. The van der Waals surface area contributed by atoms with Crippen LogP contribution >= 0.6 is 0 Å². The molecule has 0 aliphatic heterocycles. The third-order valence-electron chi connectivity index (χ3n) is 8.78. The van der Waals surface area contributed by atoms with Crippen molar-refractivity contribution in [1.29, 1.82) is 0 Å². The summed E-state index contributed by atoms with van der Waals surface area (Å²) in [7, 11) is 0. The number of aliphatic hydroxyl groups is 2. The molecule has 0 saturated heterocycles. The van der Waals surface area contributed by atoms with Crippen molar-refractivity contribution in [3.05, 3.63) is 11.6 Å². The molecule has 0 aromatic carbocycles. The van der Waals surface area contributed by atoms with E-state index in [-0.39, 0.29) is 11.3 Å². The van der Waals surface area contributed by atoms with E-state index >= 15 is 0 Å². The van der Waals surface area contributed by atoms with Gasteiger partial charge in [-0.3, -0.25) is 4.79 Å². The Labute approximate surface area is 145 Å². The van der Waals surface area contributed by atoms with Gasteiger partial charge in [0.05, 0.1) is 0 Å². The third kappa shape index (κ3) is 1.94. The lowest BCUT2D eigenvalue weighted by molar-refractivity contribution is -0.269. The first-order valence-electron chi connectivity index (χ1n) is 9.86. The molecule has 4 aliphatic carbocycles. The van der Waals surface area contributed by atoms with Crippen LogP contribution in [0.15, 0.2) is 11.6 Å². The molecule has 24 heavy (non-hydrogen) atoms. The molecule has 2 N–H and O–H groups in total. The molecule has 3 heteroatoms. The van der Waals surface area contributed by atoms with Gasteiger partial charge in [0.15, 0.2) is 5.79 Å². The van der Waals surface area contributed by atoms with Gasteiger partial charge >= 0.3 is 0 Å². The standard InChI is InChI=1S/C21H32O3/c1-13(22)16-8-9-17-15-7-6-14-5-4-11-21(23,24)20(14,3)18(15)10-12-19(16,17)2/h6,15-18,23-24H,4-5,7-12H2,1-3H3/t15-,16+,17-,18-,19+,20-/m0/s1. The quantitative estimate of drug-likeness (QED) is 0.567. The molecule has 6 atom stereocenters. The highest BCUT2D eigenvalue weighted by Gasteiger charge is 2.63. The maximum absolute atomic E-state index is 12.2. The summed E-state index contributed by atoms with van der Waals surface area (Å²) < 4.78 is 0. The monoisotopic (exact) mass is 332 g/mol. The Morgan fingerprint density at radius 1 is 1.12 bits per heavy atom. The van der Waals surface area contributed by atoms with Crippen molar-refractivity contribution in [2.75, 3.05) is 0 Å². The summed E-state index contributed by atoms with van der Waals surface area (Å²) in [5, 5.41) is 21.7. The van der Waals surface area contributed by atoms with Crippen LogP contribution in [0.25, 0.3) is 0 Å². The van der Waals surface area contributed by atoms with Crippen LogP contribution in [-0.2, 0) is 4.79 Å². The van der Waals surface area contributed by atoms with Gasteiger partial charge in [0, 0.05) is 17.8 Å². The Morgan fingerprint density at radius 2 is 1.88 bits per heavy atom. The fourth-order valence-corrected chi connectivity index (χ4v) is 7.43. The minimum absolute atomic E-state index is 0.122. The number of ketones is 1. The van der Waals surface area contributed by atoms with Gasteiger partial charge in [0.2, 0.25) is 0 Å². The van der Waals surface area contributed by atoms with Gasteiger partial charge in [-0.1, -0.05) is 25.5 Å². The highest BCUT2D eigenvalue weighted by molar-refractivity contribution is 5.79. The number of carbonyl (C=O) groups excluding carboxylic acids is 1. The number of hydrogen-bond donors (Lipinski definition) is 2. The lowest BCUT2D eigenvalue weighted by atomic mass is 9.46. The molecular formula is C21H32O3. The van der Waals surface area contributed by atoms with Crippen LogP contribution in [0.5, 0.6) is 0 Å². The highest BCUT2D eigenvalue weighted by atomic mass is 16.5. The average molecular weight is 332 g/mol. The first-order chi connectivity index (χ1) is 11.2. The van der Waals surface area contributed by atoms with Gasteiger partial charge in [0.1, 0.15) is 5.78 Å². The highest BCUT2D eigenvalue weighted by Crippen LogP contribution is 2.67. The van der Waals surface area contributed by atoms with Crippen molar-refractivity contribution in [1.82, 2.24) is 0 Å². The molecule has 0 radical (unpaired) electrons. The molecule has 3 nitrogen and oxygen atoms in total. The molecule has 0 bridgehead atoms. The van der Waals surface area contributed by atoms with Crippen LogP contribution in [0.1, 0.15) is 72.1 Å². The van der Waals surface area contributed by atoms with E-state index in [9.17, 15) is 15.0 Å². The van der Waals surface area contributed by atoms with Crippen molar-refractivity contribution < 1.29 is 15.0 Å². The van der Waals surface area contributed by atoms with E-state index in [1.807, 2.05) is 0 Å². The molecule has 4 rings (SSSR count). The predicted molar refractivity (Wildman–Crippen MR) is 93.0 cm³/mol. The minimum atomic E-state index is -1.58. The second-order valence-corrected chi connectivity index (χ2v) is 9.50. The first-order valence-corrected chi connectivity index (χ1v) is 9.86. The molecule has 3 saturated carbocycles. The topological polar surface area (TPSA) is 57.5 Å². The van der Waals surface area contributed by atoms with Crippen molar-refractivity contribution in [3.63, 3.8) is 0 Å². The van der Waals surface area contributed by atoms with Crippen LogP contribution in [0.4, 0.5) is 0 Å². The number of allylic oxidation sites excluding steroid dienone is 1. The van der Waals surface area contributed by atoms with Gasteiger partial charge < -0.3 is 10.2 Å². The normalized spacial score (nSPS) is 49.6. The minimum Gasteiger partial charge on any atom is -0.365 e. The van der Waals surface area contributed by atoms with Gasteiger partial charge in [-0.25, -0.2) is 0 Å². The van der Waals surface area contributed by atoms with Crippen molar-refractivity contribution in [2.24, 2.45) is 34.5 Å². The van der Waals surface area contributed by atoms with Crippen molar-refractivity contribution in [3.8, 4) is 0 Å². The van der Waals surface area contributed by atoms with E-state index in [1.165, 1.54) is 5.57 Å². The van der Waals surface area contributed by atoms with Gasteiger partial charge in [-0.2, -0.15) is 0 Å². The summed E-state index contributed by atoms with van der Waals surface area (Å²) in [6, 6.07) is 0. The fraction of sp³-hybridized carbons (Fsp3) is 0.857. The largest absolute Gasteiger partial charge is 0.365 e. The number of Topliss-reactive ketones (excluding diaryl/α,β-unsaturated/α-hetero) is 1. The van der Waals surface area contributed by atoms with Crippen LogP contribution in [-0.4, -0.2) is 21.8 Å². The van der Waals surface area contributed by atoms with Crippen LogP contribution in [0.3, 0.4) is 0 Å². The Kier molecular flexibility index (Phi) is 3.61. The van der Waals surface area contributed by atoms with E-state index in [0.29, 0.717) is 30.0 Å². The molecule has 0 heterocycles. The first kappa shape index (κ1) is 16.8. The van der Waals surface area contributed by atoms with Gasteiger partial charge in [-0.05, 0) is 75.0 Å². The number of hydrogen-bond acceptors (Lipinski definition) is 3. The molecule has 3 fully saturated rings. The Balaban J connectivity index is 1.73. The maximum Gasteiger partial charge on any atom is 0.172 e. The van der Waals surface area contributed by atoms with Crippen molar-refractivity contribution in [2.45, 2.75) is 77.9 Å². The zero-order valence-electron chi connectivity index (χ0n) is 15.3. The molecule has 134 valence electrons. The second-order valence-electron chi connectivity index (χ2n) is 9.50. The summed E-state index contributed by atoms with van der Waals surface area (Å²) in [6.07, 6.45) is 10.0. The fourth-order valence-electron chi connectivity index (χ4n) is 7.43. The molecular weight excluding hydrogens is 300 g/mol. The summed E-state index contributed by atoms with van der Waals surface area (Å²) in [5.74, 6) is 0.383. The molecule has 0 amide bonds. The number of fused-ring (bicyclic) bond motifs is 5. The maximum atomic E-state index is 12.2. The van der Waals surface area contributed by atoms with E-state index in [4.69, 9.17) is 0 Å². The summed E-state index contributed by atoms with van der Waals surface area (Å²) in [6.45, 7) is 6.20. The average Bonchev–Trinajstić information content (AvgIpc) is 2.86.